The van der Waals surface area contributed by atoms with Gasteiger partial charge in [-0.2, -0.15) is 0 Å². The topological polar surface area (TPSA) is 57.6 Å². The number of benzene rings is 2. The highest BCUT2D eigenvalue weighted by Gasteiger charge is 2.43. The third-order valence-electron chi connectivity index (χ3n) is 5.61. The molecule has 4 heteroatoms. The Morgan fingerprint density at radius 1 is 1.04 bits per heavy atom. The van der Waals surface area contributed by atoms with E-state index in [1.165, 1.54) is 0 Å². The first-order valence-corrected chi connectivity index (χ1v) is 9.31. The molecule has 2 aromatic carbocycles. The Morgan fingerprint density at radius 2 is 1.59 bits per heavy atom. The van der Waals surface area contributed by atoms with E-state index in [1.54, 1.807) is 4.90 Å². The molecule has 1 saturated heterocycles. The summed E-state index contributed by atoms with van der Waals surface area (Å²) in [6, 6.07) is 19.2. The van der Waals surface area contributed by atoms with Crippen molar-refractivity contribution < 1.29 is 14.7 Å². The van der Waals surface area contributed by atoms with Crippen molar-refractivity contribution >= 4 is 11.9 Å². The van der Waals surface area contributed by atoms with Crippen molar-refractivity contribution in [1.82, 2.24) is 4.90 Å². The van der Waals surface area contributed by atoms with Crippen molar-refractivity contribution in [2.75, 3.05) is 13.1 Å². The van der Waals surface area contributed by atoms with Crippen molar-refractivity contribution in [3.8, 4) is 0 Å². The molecule has 1 N–H and O–H groups in total. The van der Waals surface area contributed by atoms with E-state index in [2.05, 4.69) is 6.58 Å². The molecular weight excluding hydrogens is 338 g/mol. The van der Waals surface area contributed by atoms with E-state index in [9.17, 15) is 14.7 Å². The molecule has 0 aliphatic carbocycles. The fourth-order valence-corrected chi connectivity index (χ4v) is 3.88. The molecule has 1 unspecified atom stereocenters. The summed E-state index contributed by atoms with van der Waals surface area (Å²) in [5.41, 5.74) is 0.981. The zero-order valence-corrected chi connectivity index (χ0v) is 15.4. The number of hydrogen-bond acceptors (Lipinski definition) is 2. The average molecular weight is 363 g/mol. The van der Waals surface area contributed by atoms with Gasteiger partial charge in [0.2, 0.25) is 5.91 Å². The van der Waals surface area contributed by atoms with Crippen LogP contribution in [0.1, 0.15) is 36.3 Å². The second-order valence-corrected chi connectivity index (χ2v) is 7.09. The third-order valence-corrected chi connectivity index (χ3v) is 5.61. The van der Waals surface area contributed by atoms with E-state index in [4.69, 9.17) is 0 Å². The Bertz CT molecular complexity index is 793. The number of hydrogen-bond donors (Lipinski definition) is 1. The first kappa shape index (κ1) is 18.9. The molecule has 1 aliphatic heterocycles. The van der Waals surface area contributed by atoms with E-state index in [0.717, 1.165) is 11.1 Å². The summed E-state index contributed by atoms with van der Waals surface area (Å²) in [5, 5.41) is 9.88. The summed E-state index contributed by atoms with van der Waals surface area (Å²) in [6.07, 6.45) is 3.03. The molecule has 140 valence electrons. The van der Waals surface area contributed by atoms with Gasteiger partial charge in [0.05, 0.1) is 5.41 Å². The van der Waals surface area contributed by atoms with Gasteiger partial charge >= 0.3 is 5.97 Å². The number of rotatable bonds is 6. The second-order valence-electron chi connectivity index (χ2n) is 7.09. The van der Waals surface area contributed by atoms with Crippen molar-refractivity contribution in [3.05, 3.63) is 84.4 Å². The van der Waals surface area contributed by atoms with Crippen molar-refractivity contribution in [3.63, 3.8) is 0 Å². The Morgan fingerprint density at radius 3 is 2.11 bits per heavy atom. The van der Waals surface area contributed by atoms with Gasteiger partial charge in [-0.1, -0.05) is 66.7 Å². The molecule has 1 fully saturated rings. The number of allylic oxidation sites excluding steroid dienone is 1. The van der Waals surface area contributed by atoms with E-state index in [1.807, 2.05) is 66.7 Å². The molecule has 2 aromatic rings. The first-order valence-electron chi connectivity index (χ1n) is 9.31. The Balaban J connectivity index is 1.68. The lowest BCUT2D eigenvalue weighted by molar-refractivity contribution is -0.148. The molecule has 1 atom stereocenters. The van der Waals surface area contributed by atoms with Crippen LogP contribution in [0.2, 0.25) is 0 Å². The monoisotopic (exact) mass is 363 g/mol. The molecule has 1 aliphatic rings. The number of likely N-dealkylation sites (tertiary alicyclic amines) is 1. The highest BCUT2D eigenvalue weighted by Crippen LogP contribution is 2.36. The molecule has 0 bridgehead atoms. The van der Waals surface area contributed by atoms with E-state index in [0.29, 0.717) is 32.4 Å². The lowest BCUT2D eigenvalue weighted by atomic mass is 9.72. The van der Waals surface area contributed by atoms with Crippen LogP contribution in [-0.2, 0) is 15.0 Å². The highest BCUT2D eigenvalue weighted by molar-refractivity contribution is 5.83. The quantitative estimate of drug-likeness (QED) is 0.790. The van der Waals surface area contributed by atoms with Crippen LogP contribution < -0.4 is 0 Å². The Hall–Kier alpha value is -2.88. The van der Waals surface area contributed by atoms with Crippen LogP contribution in [0.15, 0.2) is 73.3 Å². The summed E-state index contributed by atoms with van der Waals surface area (Å²) in [7, 11) is 0. The largest absolute Gasteiger partial charge is 0.481 e. The standard InChI is InChI=1S/C23H25NO3/c1-2-18(19-9-5-3-6-10-19)17-21(25)24-15-13-23(14-16-24,22(26)27)20-11-7-4-8-12-20/h2-12,18H,1,13-17H2,(H,26,27). The molecular formula is C23H25NO3. The normalized spacial score (nSPS) is 17.1. The van der Waals surface area contributed by atoms with Gasteiger partial charge in [0, 0.05) is 25.4 Å². The van der Waals surface area contributed by atoms with Crippen molar-refractivity contribution in [2.24, 2.45) is 0 Å². The van der Waals surface area contributed by atoms with Gasteiger partial charge in [0.25, 0.3) is 0 Å². The SMILES string of the molecule is C=CC(CC(=O)N1CCC(C(=O)O)(c2ccccc2)CC1)c1ccccc1. The zero-order valence-electron chi connectivity index (χ0n) is 15.4. The van der Waals surface area contributed by atoms with Gasteiger partial charge in [-0.15, -0.1) is 6.58 Å². The minimum atomic E-state index is -0.907. The minimum absolute atomic E-state index is 0.0287. The third kappa shape index (κ3) is 3.95. The molecule has 0 spiro atoms. The lowest BCUT2D eigenvalue weighted by Crippen LogP contribution is -2.49. The maximum absolute atomic E-state index is 12.8. The first-order chi connectivity index (χ1) is 13.1. The summed E-state index contributed by atoms with van der Waals surface area (Å²) in [4.78, 5) is 26.6. The molecule has 4 nitrogen and oxygen atoms in total. The molecule has 0 saturated carbocycles. The average Bonchev–Trinajstić information content (AvgIpc) is 2.73. The fraction of sp³-hybridized carbons (Fsp3) is 0.304. The number of aliphatic carboxylic acids is 1. The second kappa shape index (κ2) is 8.21. The number of nitrogens with zero attached hydrogens (tertiary/aromatic N) is 1. The summed E-state index contributed by atoms with van der Waals surface area (Å²) < 4.78 is 0. The van der Waals surface area contributed by atoms with Crippen LogP contribution in [0.3, 0.4) is 0 Å². The molecule has 1 amide bonds. The number of piperidine rings is 1. The highest BCUT2D eigenvalue weighted by atomic mass is 16.4. The maximum atomic E-state index is 12.8. The van der Waals surface area contributed by atoms with E-state index >= 15 is 0 Å². The predicted octanol–water partition coefficient (Wildman–Crippen LogP) is 3.99. The lowest BCUT2D eigenvalue weighted by Gasteiger charge is -2.39. The predicted molar refractivity (Wildman–Crippen MR) is 106 cm³/mol. The van der Waals surface area contributed by atoms with Gasteiger partial charge in [0.1, 0.15) is 0 Å². The Labute approximate surface area is 160 Å². The fourth-order valence-electron chi connectivity index (χ4n) is 3.88. The van der Waals surface area contributed by atoms with Crippen LogP contribution in [-0.4, -0.2) is 35.0 Å². The van der Waals surface area contributed by atoms with Crippen LogP contribution in [0, 0.1) is 0 Å². The molecule has 27 heavy (non-hydrogen) atoms. The number of amides is 1. The molecule has 1 heterocycles. The molecule has 3 rings (SSSR count). The van der Waals surface area contributed by atoms with Gasteiger partial charge in [-0.3, -0.25) is 9.59 Å². The van der Waals surface area contributed by atoms with E-state index in [-0.39, 0.29) is 11.8 Å². The summed E-state index contributed by atoms with van der Waals surface area (Å²) in [6.45, 7) is 4.79. The van der Waals surface area contributed by atoms with Crippen LogP contribution >= 0.6 is 0 Å². The van der Waals surface area contributed by atoms with Crippen LogP contribution in [0.4, 0.5) is 0 Å². The van der Waals surface area contributed by atoms with Gasteiger partial charge in [-0.25, -0.2) is 0 Å². The number of carboxylic acid groups (broad SMARTS) is 1. The number of carbonyl (C=O) groups excluding carboxylic acids is 1. The van der Waals surface area contributed by atoms with Crippen molar-refractivity contribution in [1.29, 1.82) is 0 Å². The van der Waals surface area contributed by atoms with Gasteiger partial charge < -0.3 is 10.0 Å². The maximum Gasteiger partial charge on any atom is 0.314 e. The minimum Gasteiger partial charge on any atom is -0.481 e. The van der Waals surface area contributed by atoms with Crippen LogP contribution in [0.5, 0.6) is 0 Å². The number of carbonyl (C=O) groups is 2. The summed E-state index contributed by atoms with van der Waals surface area (Å²) >= 11 is 0. The smallest absolute Gasteiger partial charge is 0.314 e. The van der Waals surface area contributed by atoms with Gasteiger partial charge in [-0.05, 0) is 24.0 Å². The van der Waals surface area contributed by atoms with Gasteiger partial charge in [0.15, 0.2) is 0 Å². The zero-order chi connectivity index (χ0) is 19.3. The Kier molecular flexibility index (Phi) is 5.75. The van der Waals surface area contributed by atoms with Crippen LogP contribution in [0.25, 0.3) is 0 Å². The van der Waals surface area contributed by atoms with Crippen molar-refractivity contribution in [2.45, 2.75) is 30.6 Å². The molecule has 0 radical (unpaired) electrons. The van der Waals surface area contributed by atoms with E-state index < -0.39 is 11.4 Å². The summed E-state index contributed by atoms with van der Waals surface area (Å²) in [5.74, 6) is -0.788. The number of carboxylic acids is 1. The molecule has 0 aromatic heterocycles.